The van der Waals surface area contributed by atoms with Gasteiger partial charge in [0, 0.05) is 0 Å². The van der Waals surface area contributed by atoms with Gasteiger partial charge in [0.2, 0.25) is 0 Å². The maximum Gasteiger partial charge on any atom is -0.0159 e. The maximum absolute atomic E-state index is 2.37. The van der Waals surface area contributed by atoms with Crippen molar-refractivity contribution in [3.8, 4) is 0 Å². The minimum Gasteiger partial charge on any atom is -0.0648 e. The van der Waals surface area contributed by atoms with Gasteiger partial charge in [-0.1, -0.05) is 38.1 Å². The molecule has 1 aromatic rings. The van der Waals surface area contributed by atoms with Crippen LogP contribution in [-0.2, 0) is 6.42 Å². The van der Waals surface area contributed by atoms with Crippen molar-refractivity contribution < 1.29 is 0 Å². The van der Waals surface area contributed by atoms with Crippen LogP contribution in [0.1, 0.15) is 43.7 Å². The third-order valence-electron chi connectivity index (χ3n) is 3.24. The Morgan fingerprint density at radius 3 is 2.85 bits per heavy atom. The van der Waals surface area contributed by atoms with E-state index in [0.717, 1.165) is 11.8 Å². The van der Waals surface area contributed by atoms with Crippen LogP contribution in [0.2, 0.25) is 0 Å². The van der Waals surface area contributed by atoms with Crippen LogP contribution in [-0.4, -0.2) is 0 Å². The van der Waals surface area contributed by atoms with Crippen LogP contribution in [0.25, 0.3) is 0 Å². The van der Waals surface area contributed by atoms with E-state index in [-0.39, 0.29) is 0 Å². The fraction of sp³-hybridized carbons (Fsp3) is 0.538. The van der Waals surface area contributed by atoms with Crippen LogP contribution < -0.4 is 0 Å². The molecule has 0 heteroatoms. The van der Waals surface area contributed by atoms with Crippen molar-refractivity contribution in [2.45, 2.75) is 39.0 Å². The zero-order valence-electron chi connectivity index (χ0n) is 8.59. The van der Waals surface area contributed by atoms with Crippen molar-refractivity contribution >= 4 is 0 Å². The van der Waals surface area contributed by atoms with E-state index in [1.165, 1.54) is 19.3 Å². The van der Waals surface area contributed by atoms with Crippen LogP contribution in [0.15, 0.2) is 24.3 Å². The lowest BCUT2D eigenvalue weighted by Gasteiger charge is -2.28. The molecule has 0 saturated heterocycles. The van der Waals surface area contributed by atoms with Crippen molar-refractivity contribution in [2.75, 3.05) is 0 Å². The molecule has 0 heterocycles. The van der Waals surface area contributed by atoms with Gasteiger partial charge in [-0.25, -0.2) is 0 Å². The Bertz CT molecular complexity index is 288. The zero-order chi connectivity index (χ0) is 9.26. The highest BCUT2D eigenvalue weighted by Crippen LogP contribution is 2.36. The molecule has 70 valence electrons. The van der Waals surface area contributed by atoms with Gasteiger partial charge in [-0.3, -0.25) is 0 Å². The van der Waals surface area contributed by atoms with Gasteiger partial charge >= 0.3 is 0 Å². The standard InChI is InChI=1S/C13H18/c1-3-11-8-10(2)9-12-6-4-5-7-13(11)12/h4-7,10-11H,3,8-9H2,1-2H3. The van der Waals surface area contributed by atoms with E-state index < -0.39 is 0 Å². The van der Waals surface area contributed by atoms with Crippen molar-refractivity contribution in [2.24, 2.45) is 5.92 Å². The Morgan fingerprint density at radius 2 is 2.08 bits per heavy atom. The summed E-state index contributed by atoms with van der Waals surface area (Å²) in [4.78, 5) is 0. The van der Waals surface area contributed by atoms with E-state index in [2.05, 4.69) is 38.1 Å². The number of fused-ring (bicyclic) bond motifs is 1. The molecule has 2 unspecified atom stereocenters. The Labute approximate surface area is 81.0 Å². The lowest BCUT2D eigenvalue weighted by molar-refractivity contribution is 0.424. The molecule has 0 bridgehead atoms. The molecule has 1 aliphatic rings. The van der Waals surface area contributed by atoms with Gasteiger partial charge < -0.3 is 0 Å². The maximum atomic E-state index is 2.37. The van der Waals surface area contributed by atoms with Crippen LogP contribution >= 0.6 is 0 Å². The third-order valence-corrected chi connectivity index (χ3v) is 3.24. The summed E-state index contributed by atoms with van der Waals surface area (Å²) < 4.78 is 0. The van der Waals surface area contributed by atoms with Crippen molar-refractivity contribution in [1.82, 2.24) is 0 Å². The fourth-order valence-electron chi connectivity index (χ4n) is 2.58. The molecule has 2 rings (SSSR count). The Kier molecular flexibility index (Phi) is 2.39. The number of hydrogen-bond donors (Lipinski definition) is 0. The third kappa shape index (κ3) is 1.63. The monoisotopic (exact) mass is 174 g/mol. The minimum absolute atomic E-state index is 0.819. The van der Waals surface area contributed by atoms with E-state index in [4.69, 9.17) is 0 Å². The fourth-order valence-corrected chi connectivity index (χ4v) is 2.58. The number of rotatable bonds is 1. The summed E-state index contributed by atoms with van der Waals surface area (Å²) in [5.41, 5.74) is 3.20. The van der Waals surface area contributed by atoms with Gasteiger partial charge in [0.15, 0.2) is 0 Å². The Morgan fingerprint density at radius 1 is 1.31 bits per heavy atom. The van der Waals surface area contributed by atoms with E-state index in [0.29, 0.717) is 0 Å². The van der Waals surface area contributed by atoms with Crippen LogP contribution in [0.5, 0.6) is 0 Å². The van der Waals surface area contributed by atoms with Crippen LogP contribution in [0.4, 0.5) is 0 Å². The van der Waals surface area contributed by atoms with Gasteiger partial charge in [0.1, 0.15) is 0 Å². The number of benzene rings is 1. The van der Waals surface area contributed by atoms with E-state index in [1.807, 2.05) is 0 Å². The molecule has 0 radical (unpaired) electrons. The summed E-state index contributed by atoms with van der Waals surface area (Å²) >= 11 is 0. The largest absolute Gasteiger partial charge is 0.0648 e. The Balaban J connectivity index is 2.37. The molecule has 13 heavy (non-hydrogen) atoms. The lowest BCUT2D eigenvalue weighted by Crippen LogP contribution is -2.15. The van der Waals surface area contributed by atoms with Gasteiger partial charge in [-0.05, 0) is 42.2 Å². The van der Waals surface area contributed by atoms with Gasteiger partial charge in [0.25, 0.3) is 0 Å². The zero-order valence-corrected chi connectivity index (χ0v) is 8.59. The molecule has 0 aromatic heterocycles. The Hall–Kier alpha value is -0.780. The predicted molar refractivity (Wildman–Crippen MR) is 57.0 cm³/mol. The molecular weight excluding hydrogens is 156 g/mol. The van der Waals surface area contributed by atoms with Crippen molar-refractivity contribution in [1.29, 1.82) is 0 Å². The van der Waals surface area contributed by atoms with E-state index in [9.17, 15) is 0 Å². The predicted octanol–water partition coefficient (Wildman–Crippen LogP) is 3.76. The van der Waals surface area contributed by atoms with E-state index in [1.54, 1.807) is 11.1 Å². The molecule has 0 aliphatic heterocycles. The summed E-state index contributed by atoms with van der Waals surface area (Å²) in [5.74, 6) is 1.69. The molecule has 0 spiro atoms. The molecular formula is C13H18. The highest BCUT2D eigenvalue weighted by Gasteiger charge is 2.22. The quantitative estimate of drug-likeness (QED) is 0.608. The minimum atomic E-state index is 0.819. The second kappa shape index (κ2) is 3.53. The summed E-state index contributed by atoms with van der Waals surface area (Å²) in [6.07, 6.45) is 3.96. The van der Waals surface area contributed by atoms with Crippen molar-refractivity contribution in [3.63, 3.8) is 0 Å². The van der Waals surface area contributed by atoms with Crippen molar-refractivity contribution in [3.05, 3.63) is 35.4 Å². The molecule has 2 atom stereocenters. The summed E-state index contributed by atoms with van der Waals surface area (Å²) in [5, 5.41) is 0. The molecule has 1 aliphatic carbocycles. The van der Waals surface area contributed by atoms with Gasteiger partial charge in [-0.2, -0.15) is 0 Å². The van der Waals surface area contributed by atoms with Crippen LogP contribution in [0, 0.1) is 5.92 Å². The summed E-state index contributed by atoms with van der Waals surface area (Å²) in [6.45, 7) is 4.68. The first-order valence-corrected chi connectivity index (χ1v) is 5.39. The lowest BCUT2D eigenvalue weighted by atomic mass is 9.76. The highest BCUT2D eigenvalue weighted by atomic mass is 14.3. The number of hydrogen-bond acceptors (Lipinski definition) is 0. The highest BCUT2D eigenvalue weighted by molar-refractivity contribution is 5.32. The molecule has 0 nitrogen and oxygen atoms in total. The molecule has 1 aromatic carbocycles. The summed E-state index contributed by atoms with van der Waals surface area (Å²) in [7, 11) is 0. The normalized spacial score (nSPS) is 26.9. The summed E-state index contributed by atoms with van der Waals surface area (Å²) in [6, 6.07) is 8.96. The first-order valence-electron chi connectivity index (χ1n) is 5.39. The molecule has 0 N–H and O–H groups in total. The molecule has 0 saturated carbocycles. The molecule has 0 fully saturated rings. The second-order valence-electron chi connectivity index (χ2n) is 4.35. The average Bonchev–Trinajstić information content (AvgIpc) is 2.16. The SMILES string of the molecule is CCC1CC(C)Cc2ccccc21. The average molecular weight is 174 g/mol. The first-order chi connectivity index (χ1) is 6.31. The van der Waals surface area contributed by atoms with Crippen LogP contribution in [0.3, 0.4) is 0 Å². The van der Waals surface area contributed by atoms with Gasteiger partial charge in [-0.15, -0.1) is 0 Å². The smallest absolute Gasteiger partial charge is 0.0159 e. The topological polar surface area (TPSA) is 0 Å². The van der Waals surface area contributed by atoms with Gasteiger partial charge in [0.05, 0.1) is 0 Å². The van der Waals surface area contributed by atoms with E-state index >= 15 is 0 Å². The molecule has 0 amide bonds. The first kappa shape index (κ1) is 8.80. The second-order valence-corrected chi connectivity index (χ2v) is 4.35.